The number of pyridine rings is 1. The van der Waals surface area contributed by atoms with Crippen molar-refractivity contribution in [1.82, 2.24) is 9.88 Å². The van der Waals surface area contributed by atoms with Crippen LogP contribution in [0.2, 0.25) is 0 Å². The lowest BCUT2D eigenvalue weighted by Gasteiger charge is -2.12. The Kier molecular flexibility index (Phi) is 3.63. The summed E-state index contributed by atoms with van der Waals surface area (Å²) in [5.41, 5.74) is 3.22. The van der Waals surface area contributed by atoms with Crippen molar-refractivity contribution < 1.29 is 4.79 Å². The molecule has 0 aliphatic rings. The van der Waals surface area contributed by atoms with Crippen molar-refractivity contribution >= 4 is 6.41 Å². The molecule has 3 heteroatoms. The molecule has 0 fully saturated rings. The van der Waals surface area contributed by atoms with Gasteiger partial charge in [-0.15, -0.1) is 0 Å². The summed E-state index contributed by atoms with van der Waals surface area (Å²) in [6, 6.07) is 4.06. The maximum Gasteiger partial charge on any atom is 0.209 e. The SMILES string of the molecule is CCc1ccc(CN(C)C=O)c(C)n1. The summed E-state index contributed by atoms with van der Waals surface area (Å²) in [6.45, 7) is 4.69. The van der Waals surface area contributed by atoms with E-state index in [1.807, 2.05) is 19.1 Å². The van der Waals surface area contributed by atoms with Crippen molar-refractivity contribution in [2.24, 2.45) is 0 Å². The maximum absolute atomic E-state index is 10.4. The molecule has 14 heavy (non-hydrogen) atoms. The molecule has 1 heterocycles. The smallest absolute Gasteiger partial charge is 0.209 e. The van der Waals surface area contributed by atoms with Crippen molar-refractivity contribution in [3.05, 3.63) is 29.1 Å². The zero-order valence-corrected chi connectivity index (χ0v) is 8.95. The lowest BCUT2D eigenvalue weighted by molar-refractivity contribution is -0.117. The predicted molar refractivity (Wildman–Crippen MR) is 55.9 cm³/mol. The summed E-state index contributed by atoms with van der Waals surface area (Å²) in [6.07, 6.45) is 1.78. The first-order chi connectivity index (χ1) is 6.67. The summed E-state index contributed by atoms with van der Waals surface area (Å²) < 4.78 is 0. The van der Waals surface area contributed by atoms with Crippen LogP contribution in [0.5, 0.6) is 0 Å². The number of carbonyl (C=O) groups excluding carboxylic acids is 1. The van der Waals surface area contributed by atoms with E-state index in [1.54, 1.807) is 11.9 Å². The molecule has 0 aliphatic heterocycles. The summed E-state index contributed by atoms with van der Waals surface area (Å²) in [5, 5.41) is 0. The van der Waals surface area contributed by atoms with E-state index in [4.69, 9.17) is 0 Å². The molecule has 0 bridgehead atoms. The fraction of sp³-hybridized carbons (Fsp3) is 0.455. The molecule has 0 saturated carbocycles. The average molecular weight is 192 g/mol. The van der Waals surface area contributed by atoms with Crippen LogP contribution in [-0.4, -0.2) is 23.3 Å². The van der Waals surface area contributed by atoms with Crippen LogP contribution in [0.4, 0.5) is 0 Å². The molecular weight excluding hydrogens is 176 g/mol. The average Bonchev–Trinajstić information content (AvgIpc) is 2.20. The van der Waals surface area contributed by atoms with Gasteiger partial charge < -0.3 is 4.90 Å². The number of aryl methyl sites for hydroxylation is 2. The topological polar surface area (TPSA) is 33.2 Å². The number of aromatic nitrogens is 1. The zero-order valence-electron chi connectivity index (χ0n) is 8.95. The van der Waals surface area contributed by atoms with E-state index in [9.17, 15) is 4.79 Å². The third-order valence-electron chi connectivity index (χ3n) is 2.21. The minimum Gasteiger partial charge on any atom is -0.344 e. The highest BCUT2D eigenvalue weighted by molar-refractivity contribution is 5.46. The van der Waals surface area contributed by atoms with Gasteiger partial charge >= 0.3 is 0 Å². The van der Waals surface area contributed by atoms with Crippen LogP contribution in [-0.2, 0) is 17.8 Å². The molecule has 1 rings (SSSR count). The Hall–Kier alpha value is -1.38. The summed E-state index contributed by atoms with van der Waals surface area (Å²) in [5.74, 6) is 0. The van der Waals surface area contributed by atoms with Crippen LogP contribution >= 0.6 is 0 Å². The molecule has 76 valence electrons. The van der Waals surface area contributed by atoms with E-state index in [0.29, 0.717) is 6.54 Å². The first-order valence-corrected chi connectivity index (χ1v) is 4.78. The van der Waals surface area contributed by atoms with E-state index in [1.165, 1.54) is 0 Å². The normalized spacial score (nSPS) is 9.93. The minimum atomic E-state index is 0.631. The van der Waals surface area contributed by atoms with Gasteiger partial charge in [-0.2, -0.15) is 0 Å². The van der Waals surface area contributed by atoms with Gasteiger partial charge in [-0.1, -0.05) is 13.0 Å². The molecule has 1 amide bonds. The predicted octanol–water partition coefficient (Wildman–Crippen LogP) is 1.54. The molecule has 0 aromatic carbocycles. The second-order valence-electron chi connectivity index (χ2n) is 3.42. The van der Waals surface area contributed by atoms with E-state index < -0.39 is 0 Å². The Morgan fingerprint density at radius 3 is 2.71 bits per heavy atom. The number of amides is 1. The molecule has 0 N–H and O–H groups in total. The van der Waals surface area contributed by atoms with Crippen LogP contribution in [0.1, 0.15) is 23.9 Å². The molecule has 0 spiro atoms. The van der Waals surface area contributed by atoms with Crippen LogP contribution in [0, 0.1) is 6.92 Å². The lowest BCUT2D eigenvalue weighted by Crippen LogP contribution is -2.16. The van der Waals surface area contributed by atoms with Gasteiger partial charge in [-0.3, -0.25) is 9.78 Å². The highest BCUT2D eigenvalue weighted by atomic mass is 16.1. The molecular formula is C11H16N2O. The van der Waals surface area contributed by atoms with Gasteiger partial charge in [0.2, 0.25) is 6.41 Å². The minimum absolute atomic E-state index is 0.631. The van der Waals surface area contributed by atoms with Gasteiger partial charge in [-0.25, -0.2) is 0 Å². The van der Waals surface area contributed by atoms with Crippen molar-refractivity contribution in [3.8, 4) is 0 Å². The Morgan fingerprint density at radius 2 is 2.21 bits per heavy atom. The second-order valence-corrected chi connectivity index (χ2v) is 3.42. The van der Waals surface area contributed by atoms with Crippen LogP contribution in [0.25, 0.3) is 0 Å². The Balaban J connectivity index is 2.83. The van der Waals surface area contributed by atoms with Crippen molar-refractivity contribution in [3.63, 3.8) is 0 Å². The van der Waals surface area contributed by atoms with Gasteiger partial charge in [0.1, 0.15) is 0 Å². The van der Waals surface area contributed by atoms with Crippen molar-refractivity contribution in [1.29, 1.82) is 0 Å². The Bertz CT molecular complexity index is 323. The zero-order chi connectivity index (χ0) is 10.6. The third kappa shape index (κ3) is 2.55. The molecule has 0 unspecified atom stereocenters. The maximum atomic E-state index is 10.4. The van der Waals surface area contributed by atoms with E-state index in [0.717, 1.165) is 29.8 Å². The van der Waals surface area contributed by atoms with Gasteiger partial charge in [-0.05, 0) is 25.0 Å². The van der Waals surface area contributed by atoms with E-state index in [-0.39, 0.29) is 0 Å². The Labute approximate surface area is 84.8 Å². The number of hydrogen-bond donors (Lipinski definition) is 0. The van der Waals surface area contributed by atoms with Crippen LogP contribution in [0.15, 0.2) is 12.1 Å². The van der Waals surface area contributed by atoms with E-state index in [2.05, 4.69) is 11.9 Å². The number of hydrogen-bond acceptors (Lipinski definition) is 2. The standard InChI is InChI=1S/C11H16N2O/c1-4-11-6-5-10(9(2)12-11)7-13(3)8-14/h5-6,8H,4,7H2,1-3H3. The highest BCUT2D eigenvalue weighted by Crippen LogP contribution is 2.08. The number of carbonyl (C=O) groups is 1. The lowest BCUT2D eigenvalue weighted by atomic mass is 10.1. The van der Waals surface area contributed by atoms with Gasteiger partial charge in [0.05, 0.1) is 0 Å². The summed E-state index contributed by atoms with van der Waals surface area (Å²) in [4.78, 5) is 16.5. The van der Waals surface area contributed by atoms with Gasteiger partial charge in [0.25, 0.3) is 0 Å². The second kappa shape index (κ2) is 4.74. The van der Waals surface area contributed by atoms with Crippen LogP contribution < -0.4 is 0 Å². The molecule has 1 aromatic heterocycles. The summed E-state index contributed by atoms with van der Waals surface area (Å²) in [7, 11) is 1.76. The first kappa shape index (κ1) is 10.7. The van der Waals surface area contributed by atoms with Crippen LogP contribution in [0.3, 0.4) is 0 Å². The fourth-order valence-corrected chi connectivity index (χ4v) is 1.31. The molecule has 0 radical (unpaired) electrons. The number of nitrogens with zero attached hydrogens (tertiary/aromatic N) is 2. The summed E-state index contributed by atoms with van der Waals surface area (Å²) >= 11 is 0. The molecule has 0 saturated heterocycles. The first-order valence-electron chi connectivity index (χ1n) is 4.78. The van der Waals surface area contributed by atoms with Gasteiger partial charge in [0.15, 0.2) is 0 Å². The third-order valence-corrected chi connectivity index (χ3v) is 2.21. The van der Waals surface area contributed by atoms with Crippen molar-refractivity contribution in [2.45, 2.75) is 26.8 Å². The number of rotatable bonds is 4. The monoisotopic (exact) mass is 192 g/mol. The quantitative estimate of drug-likeness (QED) is 0.678. The molecule has 0 atom stereocenters. The fourth-order valence-electron chi connectivity index (χ4n) is 1.31. The molecule has 3 nitrogen and oxygen atoms in total. The van der Waals surface area contributed by atoms with E-state index >= 15 is 0 Å². The molecule has 1 aromatic rings. The highest BCUT2D eigenvalue weighted by Gasteiger charge is 2.02. The van der Waals surface area contributed by atoms with Crippen molar-refractivity contribution in [2.75, 3.05) is 7.05 Å². The Morgan fingerprint density at radius 1 is 1.50 bits per heavy atom. The largest absolute Gasteiger partial charge is 0.344 e. The van der Waals surface area contributed by atoms with Gasteiger partial charge in [0, 0.05) is 25.0 Å². The molecule has 0 aliphatic carbocycles.